The van der Waals surface area contributed by atoms with Crippen molar-refractivity contribution in [3.63, 3.8) is 0 Å². The van der Waals surface area contributed by atoms with Crippen LogP contribution in [-0.4, -0.2) is 35.7 Å². The molecule has 4 nitrogen and oxygen atoms in total. The molecule has 0 radical (unpaired) electrons. The minimum atomic E-state index is 0.339. The molecule has 0 saturated heterocycles. The Kier molecular flexibility index (Phi) is 4.53. The average Bonchev–Trinajstić information content (AvgIpc) is 2.88. The third kappa shape index (κ3) is 3.28. The van der Waals surface area contributed by atoms with Gasteiger partial charge in [0.1, 0.15) is 0 Å². The highest BCUT2D eigenvalue weighted by Crippen LogP contribution is 2.12. The first-order chi connectivity index (χ1) is 8.33. The zero-order chi connectivity index (χ0) is 12.1. The Bertz CT molecular complexity index is 423. The van der Waals surface area contributed by atoms with E-state index in [1.165, 1.54) is 0 Å². The van der Waals surface area contributed by atoms with E-state index < -0.39 is 0 Å². The number of fused-ring (bicyclic) bond motifs is 1. The molecule has 2 rings (SSSR count). The number of likely N-dealkylation sites (N-methyl/N-ethyl adjacent to an activating group) is 1. The van der Waals surface area contributed by atoms with Gasteiger partial charge in [-0.1, -0.05) is 6.92 Å². The van der Waals surface area contributed by atoms with Gasteiger partial charge in [-0.05, 0) is 13.5 Å². The Morgan fingerprint density at radius 3 is 3.18 bits per heavy atom. The molecule has 0 bridgehead atoms. The number of ether oxygens (including phenoxy) is 1. The summed E-state index contributed by atoms with van der Waals surface area (Å²) in [6, 6.07) is 0.339. The van der Waals surface area contributed by atoms with Gasteiger partial charge in [-0.3, -0.25) is 4.40 Å². The van der Waals surface area contributed by atoms with Gasteiger partial charge >= 0.3 is 0 Å². The van der Waals surface area contributed by atoms with Crippen molar-refractivity contribution in [2.45, 2.75) is 25.8 Å². The summed E-state index contributed by atoms with van der Waals surface area (Å²) < 4.78 is 7.64. The van der Waals surface area contributed by atoms with Crippen molar-refractivity contribution >= 4 is 16.3 Å². The summed E-state index contributed by atoms with van der Waals surface area (Å²) in [5, 5.41) is 5.32. The third-order valence-electron chi connectivity index (χ3n) is 2.67. The van der Waals surface area contributed by atoms with E-state index in [0.717, 1.165) is 36.7 Å². The Labute approximate surface area is 106 Å². The molecule has 0 spiro atoms. The number of aromatic nitrogens is 2. The van der Waals surface area contributed by atoms with Crippen molar-refractivity contribution < 1.29 is 4.74 Å². The van der Waals surface area contributed by atoms with Crippen molar-refractivity contribution in [1.82, 2.24) is 14.7 Å². The van der Waals surface area contributed by atoms with E-state index in [-0.39, 0.29) is 0 Å². The van der Waals surface area contributed by atoms with Crippen LogP contribution in [-0.2, 0) is 11.2 Å². The SMILES string of the molecule is CCCOCC(Cc1cn2ccsc2n1)NC. The van der Waals surface area contributed by atoms with Gasteiger partial charge in [0, 0.05) is 36.8 Å². The summed E-state index contributed by atoms with van der Waals surface area (Å²) in [6.45, 7) is 3.70. The van der Waals surface area contributed by atoms with Crippen LogP contribution < -0.4 is 5.32 Å². The number of imidazole rings is 1. The van der Waals surface area contributed by atoms with Gasteiger partial charge in [0.05, 0.1) is 12.3 Å². The van der Waals surface area contributed by atoms with E-state index in [1.807, 2.05) is 18.6 Å². The lowest BCUT2D eigenvalue weighted by Crippen LogP contribution is -2.32. The van der Waals surface area contributed by atoms with Crippen molar-refractivity contribution in [3.05, 3.63) is 23.5 Å². The van der Waals surface area contributed by atoms with E-state index in [2.05, 4.69) is 27.8 Å². The molecule has 0 aliphatic rings. The van der Waals surface area contributed by atoms with Crippen LogP contribution in [0.4, 0.5) is 0 Å². The van der Waals surface area contributed by atoms with Gasteiger partial charge < -0.3 is 10.1 Å². The molecule has 0 amide bonds. The predicted molar refractivity (Wildman–Crippen MR) is 70.7 cm³/mol. The second-order valence-electron chi connectivity index (χ2n) is 4.09. The first-order valence-electron chi connectivity index (χ1n) is 5.99. The highest BCUT2D eigenvalue weighted by molar-refractivity contribution is 7.15. The first kappa shape index (κ1) is 12.5. The molecular formula is C12H19N3OS. The van der Waals surface area contributed by atoms with Crippen LogP contribution in [0.1, 0.15) is 19.0 Å². The van der Waals surface area contributed by atoms with E-state index in [0.29, 0.717) is 6.04 Å². The van der Waals surface area contributed by atoms with Gasteiger partial charge in [-0.25, -0.2) is 4.98 Å². The molecule has 0 aliphatic carbocycles. The summed E-state index contributed by atoms with van der Waals surface area (Å²) in [4.78, 5) is 5.63. The fourth-order valence-corrected chi connectivity index (χ4v) is 2.46. The minimum Gasteiger partial charge on any atom is -0.380 e. The molecule has 94 valence electrons. The molecular weight excluding hydrogens is 234 g/mol. The largest absolute Gasteiger partial charge is 0.380 e. The maximum atomic E-state index is 5.57. The monoisotopic (exact) mass is 253 g/mol. The maximum absolute atomic E-state index is 5.57. The third-order valence-corrected chi connectivity index (χ3v) is 3.45. The van der Waals surface area contributed by atoms with Crippen molar-refractivity contribution in [3.8, 4) is 0 Å². The van der Waals surface area contributed by atoms with Crippen LogP contribution in [0.5, 0.6) is 0 Å². The Balaban J connectivity index is 1.91. The van der Waals surface area contributed by atoms with Crippen LogP contribution in [0, 0.1) is 0 Å². The molecule has 0 aliphatic heterocycles. The molecule has 17 heavy (non-hydrogen) atoms. The van der Waals surface area contributed by atoms with Gasteiger partial charge in [0.15, 0.2) is 4.96 Å². The first-order valence-corrected chi connectivity index (χ1v) is 6.87. The Hall–Kier alpha value is -0.910. The highest BCUT2D eigenvalue weighted by atomic mass is 32.1. The highest BCUT2D eigenvalue weighted by Gasteiger charge is 2.10. The van der Waals surface area contributed by atoms with E-state index in [4.69, 9.17) is 4.74 Å². The van der Waals surface area contributed by atoms with E-state index in [1.54, 1.807) is 11.3 Å². The zero-order valence-electron chi connectivity index (χ0n) is 10.3. The minimum absolute atomic E-state index is 0.339. The average molecular weight is 253 g/mol. The van der Waals surface area contributed by atoms with Gasteiger partial charge in [-0.15, -0.1) is 11.3 Å². The topological polar surface area (TPSA) is 38.6 Å². The second kappa shape index (κ2) is 6.14. The van der Waals surface area contributed by atoms with E-state index >= 15 is 0 Å². The maximum Gasteiger partial charge on any atom is 0.193 e. The predicted octanol–water partition coefficient (Wildman–Crippen LogP) is 1.95. The Morgan fingerprint density at radius 1 is 1.59 bits per heavy atom. The normalized spacial score (nSPS) is 13.3. The zero-order valence-corrected chi connectivity index (χ0v) is 11.2. The second-order valence-corrected chi connectivity index (χ2v) is 4.96. The lowest BCUT2D eigenvalue weighted by molar-refractivity contribution is 0.113. The number of nitrogens with one attached hydrogen (secondary N) is 1. The molecule has 2 heterocycles. The molecule has 0 saturated carbocycles. The molecule has 5 heteroatoms. The van der Waals surface area contributed by atoms with Gasteiger partial charge in [0.25, 0.3) is 0 Å². The fraction of sp³-hybridized carbons (Fsp3) is 0.583. The molecule has 2 aromatic heterocycles. The van der Waals surface area contributed by atoms with Crippen LogP contribution in [0.25, 0.3) is 4.96 Å². The smallest absolute Gasteiger partial charge is 0.193 e. The lowest BCUT2D eigenvalue weighted by Gasteiger charge is -2.14. The van der Waals surface area contributed by atoms with Gasteiger partial charge in [-0.2, -0.15) is 0 Å². The fourth-order valence-electron chi connectivity index (χ4n) is 1.74. The Morgan fingerprint density at radius 2 is 2.47 bits per heavy atom. The molecule has 0 aromatic carbocycles. The quantitative estimate of drug-likeness (QED) is 0.767. The van der Waals surface area contributed by atoms with Crippen LogP contribution >= 0.6 is 11.3 Å². The number of hydrogen-bond donors (Lipinski definition) is 1. The molecule has 1 atom stereocenters. The lowest BCUT2D eigenvalue weighted by atomic mass is 10.2. The van der Waals surface area contributed by atoms with E-state index in [9.17, 15) is 0 Å². The number of thiazole rings is 1. The number of nitrogens with zero attached hydrogens (tertiary/aromatic N) is 2. The molecule has 1 unspecified atom stereocenters. The van der Waals surface area contributed by atoms with Gasteiger partial charge in [0.2, 0.25) is 0 Å². The van der Waals surface area contributed by atoms with Crippen LogP contribution in [0.2, 0.25) is 0 Å². The van der Waals surface area contributed by atoms with Crippen LogP contribution in [0.3, 0.4) is 0 Å². The summed E-state index contributed by atoms with van der Waals surface area (Å²) in [6.07, 6.45) is 6.11. The molecule has 1 N–H and O–H groups in total. The number of rotatable bonds is 7. The molecule has 2 aromatic rings. The molecule has 0 fully saturated rings. The van der Waals surface area contributed by atoms with Crippen molar-refractivity contribution in [1.29, 1.82) is 0 Å². The number of hydrogen-bond acceptors (Lipinski definition) is 4. The van der Waals surface area contributed by atoms with Crippen molar-refractivity contribution in [2.24, 2.45) is 0 Å². The summed E-state index contributed by atoms with van der Waals surface area (Å²) in [5.41, 5.74) is 1.12. The van der Waals surface area contributed by atoms with Crippen LogP contribution in [0.15, 0.2) is 17.8 Å². The standard InChI is InChI=1S/C12H19N3OS/c1-3-5-16-9-11(13-2)7-10-8-15-4-6-17-12(15)14-10/h4,6,8,11,13H,3,5,7,9H2,1-2H3. The summed E-state index contributed by atoms with van der Waals surface area (Å²) >= 11 is 1.66. The van der Waals surface area contributed by atoms with Crippen molar-refractivity contribution in [2.75, 3.05) is 20.3 Å². The summed E-state index contributed by atoms with van der Waals surface area (Å²) in [7, 11) is 1.97. The summed E-state index contributed by atoms with van der Waals surface area (Å²) in [5.74, 6) is 0.